The Bertz CT molecular complexity index is 673. The smallest absolute Gasteiger partial charge is 0.338 e. The molecule has 10 radical (unpaired) electrons. The fourth-order valence-corrected chi connectivity index (χ4v) is 2.46. The Morgan fingerprint density at radius 1 is 0.957 bits per heavy atom. The van der Waals surface area contributed by atoms with E-state index in [4.69, 9.17) is 48.5 Å². The van der Waals surface area contributed by atoms with Crippen LogP contribution in [0.5, 0.6) is 0 Å². The van der Waals surface area contributed by atoms with Crippen LogP contribution in [0.1, 0.15) is 27.0 Å². The topological polar surface area (TPSA) is 80.7 Å². The summed E-state index contributed by atoms with van der Waals surface area (Å²) in [5, 5.41) is 0. The van der Waals surface area contributed by atoms with E-state index in [1.165, 1.54) is 0 Å². The molecule has 11 heteroatoms. The minimum absolute atomic E-state index is 0.00228. The summed E-state index contributed by atoms with van der Waals surface area (Å²) in [6.07, 6.45) is -0.139. The zero-order valence-corrected chi connectivity index (χ0v) is 13.2. The highest BCUT2D eigenvalue weighted by Crippen LogP contribution is 2.16. The third kappa shape index (κ3) is 4.70. The van der Waals surface area contributed by atoms with E-state index in [1.54, 1.807) is 0 Å². The van der Waals surface area contributed by atoms with Gasteiger partial charge in [-0.25, -0.2) is 4.79 Å². The molecule has 110 valence electrons. The van der Waals surface area contributed by atoms with Crippen molar-refractivity contribution in [2.24, 2.45) is 0 Å². The molecule has 1 N–H and O–H groups in total. The molecule has 0 saturated carbocycles. The van der Waals surface area contributed by atoms with E-state index in [2.05, 4.69) is 0 Å². The van der Waals surface area contributed by atoms with Crippen LogP contribution in [0.25, 0.3) is 0 Å². The summed E-state index contributed by atoms with van der Waals surface area (Å²) in [4.78, 5) is 12.2. The average Bonchev–Trinajstić information content (AvgIpc) is 2.45. The Kier molecular flexibility index (Phi) is 7.08. The van der Waals surface area contributed by atoms with Gasteiger partial charge in [-0.15, -0.1) is 0 Å². The maximum Gasteiger partial charge on any atom is 0.338 e. The first kappa shape index (κ1) is 20.0. The maximum atomic E-state index is 12.2. The number of hydrogen-bond donors (Lipinski definition) is 1. The lowest BCUT2D eigenvalue weighted by molar-refractivity contribution is 0.0526. The average molecular weight is 321 g/mol. The Morgan fingerprint density at radius 2 is 1.39 bits per heavy atom. The van der Waals surface area contributed by atoms with Crippen molar-refractivity contribution in [1.82, 2.24) is 0 Å². The Labute approximate surface area is 142 Å². The third-order valence-corrected chi connectivity index (χ3v) is 3.98. The molecule has 0 aromatic heterocycles. The summed E-state index contributed by atoms with van der Waals surface area (Å²) in [5.41, 5.74) is 1.32. The number of esters is 1. The quantitative estimate of drug-likeness (QED) is 0.336. The summed E-state index contributed by atoms with van der Waals surface area (Å²) in [6.45, 7) is -0.538. The van der Waals surface area contributed by atoms with E-state index in [0.717, 1.165) is 0 Å². The number of benzene rings is 1. The molecule has 0 unspecified atom stereocenters. The van der Waals surface area contributed by atoms with Crippen LogP contribution in [-0.2, 0) is 33.8 Å². The minimum atomic E-state index is -4.25. The number of hydrogen-bond acceptors (Lipinski definition) is 4. The molecule has 0 aliphatic carbocycles. The van der Waals surface area contributed by atoms with Crippen LogP contribution in [-0.4, -0.2) is 70.5 Å². The van der Waals surface area contributed by atoms with Gasteiger partial charge >= 0.3 is 5.97 Å². The molecule has 1 aromatic carbocycles. The van der Waals surface area contributed by atoms with Crippen LogP contribution in [0, 0.1) is 0 Å². The van der Waals surface area contributed by atoms with Crippen LogP contribution in [0.3, 0.4) is 0 Å². The van der Waals surface area contributed by atoms with Gasteiger partial charge in [-0.2, -0.15) is 8.42 Å². The third-order valence-electron chi connectivity index (χ3n) is 3.29. The molecule has 1 aromatic rings. The van der Waals surface area contributed by atoms with E-state index < -0.39 is 28.4 Å². The molecule has 0 spiro atoms. The zero-order chi connectivity index (χ0) is 17.8. The van der Waals surface area contributed by atoms with Crippen LogP contribution < -0.4 is 10.9 Å². The van der Waals surface area contributed by atoms with Crippen molar-refractivity contribution < 1.29 is 22.5 Å². The predicted molar refractivity (Wildman–Crippen MR) is 92.3 cm³/mol. The van der Waals surface area contributed by atoms with Crippen LogP contribution in [0.4, 0.5) is 0 Å². The van der Waals surface area contributed by atoms with Gasteiger partial charge in [0, 0.05) is 0 Å². The lowest BCUT2D eigenvalue weighted by Crippen LogP contribution is -2.34. The lowest BCUT2D eigenvalue weighted by Gasteiger charge is -2.23. The lowest BCUT2D eigenvalue weighted by atomic mass is 9.66. The van der Waals surface area contributed by atoms with Crippen molar-refractivity contribution >= 4 is 66.2 Å². The molecule has 0 aliphatic heterocycles. The van der Waals surface area contributed by atoms with Crippen molar-refractivity contribution in [3.05, 3.63) is 22.3 Å². The molecule has 5 nitrogen and oxygen atoms in total. The fourth-order valence-electron chi connectivity index (χ4n) is 2.16. The highest BCUT2D eigenvalue weighted by Gasteiger charge is 2.22. The minimum Gasteiger partial charge on any atom is -0.461 e. The summed E-state index contributed by atoms with van der Waals surface area (Å²) in [7, 11) is 24.5. The second-order valence-corrected chi connectivity index (χ2v) is 6.24. The SMILES string of the molecule is [B]Cc1c([B])c(C[B])c(C(=O)OCCS(=O)(=O)O)c(C[B])c1[B]. The molecule has 23 heavy (non-hydrogen) atoms. The predicted octanol–water partition coefficient (Wildman–Crippen LogP) is -2.68. The molecule has 0 bridgehead atoms. The van der Waals surface area contributed by atoms with Gasteiger partial charge in [-0.3, -0.25) is 4.55 Å². The van der Waals surface area contributed by atoms with Crippen LogP contribution >= 0.6 is 0 Å². The standard InChI is InChI=1S/C12H11B5O5S/c13-3-6-9(12(18)22-1-2-23(19,20)21)7(4-14)11(17)8(5-15)10(6)16/h1-5H2,(H,19,20,21). The molecule has 0 saturated heterocycles. The van der Waals surface area contributed by atoms with Gasteiger partial charge in [-0.1, -0.05) is 35.4 Å². The molecular formula is C12H11B5O5S. The van der Waals surface area contributed by atoms with Crippen molar-refractivity contribution in [1.29, 1.82) is 0 Å². The zero-order valence-electron chi connectivity index (χ0n) is 12.4. The van der Waals surface area contributed by atoms with Crippen molar-refractivity contribution in [3.63, 3.8) is 0 Å². The molecule has 0 fully saturated rings. The van der Waals surface area contributed by atoms with E-state index in [-0.39, 0.29) is 46.6 Å². The molecular weight excluding hydrogens is 310 g/mol. The monoisotopic (exact) mass is 322 g/mol. The normalized spacial score (nSPS) is 11.3. The van der Waals surface area contributed by atoms with E-state index in [9.17, 15) is 13.2 Å². The summed E-state index contributed by atoms with van der Waals surface area (Å²) in [6, 6.07) is 0. The summed E-state index contributed by atoms with van der Waals surface area (Å²) < 4.78 is 34.8. The van der Waals surface area contributed by atoms with Crippen LogP contribution in [0.15, 0.2) is 0 Å². The van der Waals surface area contributed by atoms with Gasteiger partial charge in [-0.05, 0) is 11.1 Å². The molecule has 0 aliphatic rings. The van der Waals surface area contributed by atoms with Gasteiger partial charge < -0.3 is 4.74 Å². The highest BCUT2D eigenvalue weighted by atomic mass is 32.2. The van der Waals surface area contributed by atoms with Gasteiger partial charge in [0.2, 0.25) is 0 Å². The summed E-state index contributed by atoms with van der Waals surface area (Å²) >= 11 is 0. The fraction of sp³-hybridized carbons (Fsp3) is 0.417. The van der Waals surface area contributed by atoms with E-state index in [0.29, 0.717) is 5.56 Å². The number of carbonyl (C=O) groups is 1. The van der Waals surface area contributed by atoms with Gasteiger partial charge in [0.25, 0.3) is 10.1 Å². The first-order valence-electron chi connectivity index (χ1n) is 6.61. The van der Waals surface area contributed by atoms with Crippen molar-refractivity contribution in [3.8, 4) is 0 Å². The molecule has 0 heterocycles. The molecule has 0 atom stereocenters. The Hall–Kier alpha value is -1.08. The second kappa shape index (κ2) is 8.15. The van der Waals surface area contributed by atoms with Crippen LogP contribution in [0.2, 0.25) is 0 Å². The number of carbonyl (C=O) groups excluding carboxylic acids is 1. The Morgan fingerprint density at radius 3 is 1.74 bits per heavy atom. The van der Waals surface area contributed by atoms with Gasteiger partial charge in [0.1, 0.15) is 28.1 Å². The maximum absolute atomic E-state index is 12.2. The molecule has 1 rings (SSSR count). The first-order chi connectivity index (χ1) is 10.7. The van der Waals surface area contributed by atoms with E-state index in [1.807, 2.05) is 0 Å². The van der Waals surface area contributed by atoms with Gasteiger partial charge in [0.15, 0.2) is 0 Å². The Balaban J connectivity index is 3.31. The number of ether oxygens (including phenoxy) is 1. The largest absolute Gasteiger partial charge is 0.461 e. The molecule has 0 amide bonds. The van der Waals surface area contributed by atoms with E-state index >= 15 is 0 Å². The van der Waals surface area contributed by atoms with Gasteiger partial charge in [0.05, 0.1) is 29.1 Å². The highest BCUT2D eigenvalue weighted by molar-refractivity contribution is 7.85. The van der Waals surface area contributed by atoms with Crippen molar-refractivity contribution in [2.45, 2.75) is 19.0 Å². The first-order valence-corrected chi connectivity index (χ1v) is 8.22. The summed E-state index contributed by atoms with van der Waals surface area (Å²) in [5.74, 6) is -1.61. The number of rotatable bonds is 7. The van der Waals surface area contributed by atoms with Crippen molar-refractivity contribution in [2.75, 3.05) is 12.4 Å². The second-order valence-electron chi connectivity index (χ2n) is 4.67.